The predicted octanol–water partition coefficient (Wildman–Crippen LogP) is 5.04. The van der Waals surface area contributed by atoms with E-state index >= 15 is 0 Å². The number of aromatic nitrogens is 1. The van der Waals surface area contributed by atoms with Crippen LogP contribution < -0.4 is 10.6 Å². The SMILES string of the molecule is Cc1ccccc1Nc1ccc(NC(=O)c2ccccc2Cl)cn1. The van der Waals surface area contributed by atoms with Crippen molar-refractivity contribution < 1.29 is 4.79 Å². The standard InChI is InChI=1S/C19H16ClN3O/c1-13-6-2-5-9-17(13)23-18-11-10-14(12-21-18)22-19(24)15-7-3-4-8-16(15)20/h2-12H,1H3,(H,21,23)(H,22,24). The molecule has 0 radical (unpaired) electrons. The summed E-state index contributed by atoms with van der Waals surface area (Å²) in [4.78, 5) is 16.5. The zero-order valence-corrected chi connectivity index (χ0v) is 13.8. The number of carbonyl (C=O) groups is 1. The molecular formula is C19H16ClN3O. The number of hydrogen-bond acceptors (Lipinski definition) is 3. The third-order valence-corrected chi connectivity index (χ3v) is 3.88. The first-order valence-electron chi connectivity index (χ1n) is 7.48. The summed E-state index contributed by atoms with van der Waals surface area (Å²) < 4.78 is 0. The Morgan fingerprint density at radius 2 is 1.75 bits per heavy atom. The average Bonchev–Trinajstić information content (AvgIpc) is 2.59. The van der Waals surface area contributed by atoms with Crippen LogP contribution in [0.15, 0.2) is 66.9 Å². The summed E-state index contributed by atoms with van der Waals surface area (Å²) in [5, 5.41) is 6.45. The third kappa shape index (κ3) is 3.73. The first kappa shape index (κ1) is 16.0. The lowest BCUT2D eigenvalue weighted by atomic mass is 10.2. The molecule has 4 nitrogen and oxygen atoms in total. The molecule has 5 heteroatoms. The minimum absolute atomic E-state index is 0.262. The molecule has 0 aliphatic carbocycles. The number of para-hydroxylation sites is 1. The van der Waals surface area contributed by atoms with Crippen LogP contribution in [-0.2, 0) is 0 Å². The van der Waals surface area contributed by atoms with Gasteiger partial charge in [0.25, 0.3) is 5.91 Å². The first-order chi connectivity index (χ1) is 11.6. The summed E-state index contributed by atoms with van der Waals surface area (Å²) in [7, 11) is 0. The molecule has 0 aliphatic rings. The molecule has 0 aliphatic heterocycles. The fraction of sp³-hybridized carbons (Fsp3) is 0.0526. The van der Waals surface area contributed by atoms with Gasteiger partial charge in [-0.2, -0.15) is 0 Å². The number of aryl methyl sites for hydroxylation is 1. The van der Waals surface area contributed by atoms with E-state index in [1.54, 1.807) is 36.5 Å². The van der Waals surface area contributed by atoms with Crippen LogP contribution in [0.2, 0.25) is 5.02 Å². The van der Waals surface area contributed by atoms with Crippen molar-refractivity contribution in [2.75, 3.05) is 10.6 Å². The Kier molecular flexibility index (Phi) is 4.77. The smallest absolute Gasteiger partial charge is 0.257 e. The highest BCUT2D eigenvalue weighted by molar-refractivity contribution is 6.34. The minimum Gasteiger partial charge on any atom is -0.340 e. The second-order valence-electron chi connectivity index (χ2n) is 5.31. The summed E-state index contributed by atoms with van der Waals surface area (Å²) in [6.45, 7) is 2.03. The second kappa shape index (κ2) is 7.15. The number of rotatable bonds is 4. The first-order valence-corrected chi connectivity index (χ1v) is 7.86. The Hall–Kier alpha value is -2.85. The Labute approximate surface area is 145 Å². The molecule has 2 N–H and O–H groups in total. The maximum absolute atomic E-state index is 12.2. The van der Waals surface area contributed by atoms with E-state index in [4.69, 9.17) is 11.6 Å². The van der Waals surface area contributed by atoms with Crippen LogP contribution in [-0.4, -0.2) is 10.9 Å². The van der Waals surface area contributed by atoms with Gasteiger partial charge in [0.05, 0.1) is 22.5 Å². The van der Waals surface area contributed by atoms with Crippen molar-refractivity contribution in [1.82, 2.24) is 4.98 Å². The van der Waals surface area contributed by atoms with Gasteiger partial charge in [0.1, 0.15) is 5.82 Å². The molecule has 24 heavy (non-hydrogen) atoms. The van der Waals surface area contributed by atoms with Gasteiger partial charge in [-0.1, -0.05) is 41.9 Å². The number of anilines is 3. The van der Waals surface area contributed by atoms with E-state index in [1.807, 2.05) is 37.3 Å². The molecule has 3 aromatic rings. The number of nitrogens with one attached hydrogen (secondary N) is 2. The summed E-state index contributed by atoms with van der Waals surface area (Å²) in [5.74, 6) is 0.446. The number of amides is 1. The Balaban J connectivity index is 1.70. The molecule has 0 spiro atoms. The van der Waals surface area contributed by atoms with Crippen LogP contribution in [0.5, 0.6) is 0 Å². The molecule has 3 rings (SSSR count). The van der Waals surface area contributed by atoms with E-state index in [2.05, 4.69) is 15.6 Å². The normalized spacial score (nSPS) is 10.2. The van der Waals surface area contributed by atoms with Gasteiger partial charge >= 0.3 is 0 Å². The molecule has 1 amide bonds. The van der Waals surface area contributed by atoms with Crippen molar-refractivity contribution in [3.8, 4) is 0 Å². The zero-order valence-electron chi connectivity index (χ0n) is 13.1. The Morgan fingerprint density at radius 1 is 1.00 bits per heavy atom. The van der Waals surface area contributed by atoms with E-state index in [-0.39, 0.29) is 5.91 Å². The largest absolute Gasteiger partial charge is 0.340 e. The molecule has 1 heterocycles. The van der Waals surface area contributed by atoms with Crippen molar-refractivity contribution in [3.63, 3.8) is 0 Å². The molecule has 1 aromatic heterocycles. The Bertz CT molecular complexity index is 862. The number of hydrogen-bond donors (Lipinski definition) is 2. The van der Waals surface area contributed by atoms with Crippen molar-refractivity contribution in [2.24, 2.45) is 0 Å². The van der Waals surface area contributed by atoms with E-state index in [1.165, 1.54) is 0 Å². The van der Waals surface area contributed by atoms with E-state index < -0.39 is 0 Å². The van der Waals surface area contributed by atoms with Crippen LogP contribution in [0.4, 0.5) is 17.2 Å². The van der Waals surface area contributed by atoms with Crippen molar-refractivity contribution in [1.29, 1.82) is 0 Å². The predicted molar refractivity (Wildman–Crippen MR) is 98.1 cm³/mol. The number of pyridine rings is 1. The van der Waals surface area contributed by atoms with Crippen molar-refractivity contribution in [2.45, 2.75) is 6.92 Å². The quantitative estimate of drug-likeness (QED) is 0.701. The number of carbonyl (C=O) groups excluding carboxylic acids is 1. The van der Waals surface area contributed by atoms with E-state index in [0.29, 0.717) is 22.1 Å². The molecule has 0 atom stereocenters. The fourth-order valence-corrected chi connectivity index (χ4v) is 2.46. The van der Waals surface area contributed by atoms with Crippen molar-refractivity contribution in [3.05, 3.63) is 83.0 Å². The molecule has 120 valence electrons. The molecule has 0 unspecified atom stereocenters. The highest BCUT2D eigenvalue weighted by Gasteiger charge is 2.10. The van der Waals surface area contributed by atoms with Crippen LogP contribution in [0.1, 0.15) is 15.9 Å². The highest BCUT2D eigenvalue weighted by atomic mass is 35.5. The maximum Gasteiger partial charge on any atom is 0.257 e. The summed E-state index contributed by atoms with van der Waals surface area (Å²) in [5.41, 5.74) is 3.17. The summed E-state index contributed by atoms with van der Waals surface area (Å²) in [6.07, 6.45) is 1.61. The monoisotopic (exact) mass is 337 g/mol. The highest BCUT2D eigenvalue weighted by Crippen LogP contribution is 2.20. The second-order valence-corrected chi connectivity index (χ2v) is 5.71. The minimum atomic E-state index is -0.262. The molecule has 0 fully saturated rings. The molecule has 0 saturated heterocycles. The average molecular weight is 338 g/mol. The molecule has 2 aromatic carbocycles. The van der Waals surface area contributed by atoms with Gasteiger partial charge in [0.15, 0.2) is 0 Å². The number of benzene rings is 2. The van der Waals surface area contributed by atoms with Crippen LogP contribution >= 0.6 is 11.6 Å². The van der Waals surface area contributed by atoms with E-state index in [9.17, 15) is 4.79 Å². The number of nitrogens with zero attached hydrogens (tertiary/aromatic N) is 1. The lowest BCUT2D eigenvalue weighted by Crippen LogP contribution is -2.12. The topological polar surface area (TPSA) is 54.0 Å². The maximum atomic E-state index is 12.2. The molecular weight excluding hydrogens is 322 g/mol. The lowest BCUT2D eigenvalue weighted by Gasteiger charge is -2.10. The van der Waals surface area contributed by atoms with Gasteiger partial charge in [-0.15, -0.1) is 0 Å². The third-order valence-electron chi connectivity index (χ3n) is 3.55. The van der Waals surface area contributed by atoms with Crippen LogP contribution in [0, 0.1) is 6.92 Å². The van der Waals surface area contributed by atoms with Crippen LogP contribution in [0.25, 0.3) is 0 Å². The van der Waals surface area contributed by atoms with Gasteiger partial charge in [-0.25, -0.2) is 4.98 Å². The van der Waals surface area contributed by atoms with E-state index in [0.717, 1.165) is 11.3 Å². The molecule has 0 bridgehead atoms. The molecule has 0 saturated carbocycles. The van der Waals surface area contributed by atoms with Crippen LogP contribution in [0.3, 0.4) is 0 Å². The fourth-order valence-electron chi connectivity index (χ4n) is 2.24. The summed E-state index contributed by atoms with van der Waals surface area (Å²) in [6, 6.07) is 18.5. The number of halogens is 1. The van der Waals surface area contributed by atoms with Crippen molar-refractivity contribution >= 4 is 34.7 Å². The van der Waals surface area contributed by atoms with Gasteiger partial charge in [-0.3, -0.25) is 4.79 Å². The van der Waals surface area contributed by atoms with Gasteiger partial charge in [-0.05, 0) is 42.8 Å². The van der Waals surface area contributed by atoms with Gasteiger partial charge in [0, 0.05) is 5.69 Å². The lowest BCUT2D eigenvalue weighted by molar-refractivity contribution is 0.102. The Morgan fingerprint density at radius 3 is 2.46 bits per heavy atom. The van der Waals surface area contributed by atoms with Gasteiger partial charge in [0.2, 0.25) is 0 Å². The van der Waals surface area contributed by atoms with Gasteiger partial charge < -0.3 is 10.6 Å². The summed E-state index contributed by atoms with van der Waals surface area (Å²) >= 11 is 6.03. The zero-order chi connectivity index (χ0) is 16.9.